The van der Waals surface area contributed by atoms with Gasteiger partial charge < -0.3 is 15.5 Å². The molecule has 2 amide bonds. The number of hydrogen-bond donors (Lipinski definition) is 2. The van der Waals surface area contributed by atoms with Crippen molar-refractivity contribution in [3.63, 3.8) is 0 Å². The summed E-state index contributed by atoms with van der Waals surface area (Å²) >= 11 is 1.35. The number of likely N-dealkylation sites (N-methyl/N-ethyl adjacent to an activating group) is 1. The Morgan fingerprint density at radius 3 is 2.44 bits per heavy atom. The molecule has 2 fully saturated rings. The molecule has 0 saturated heterocycles. The van der Waals surface area contributed by atoms with Crippen molar-refractivity contribution in [3.8, 4) is 0 Å². The first-order valence-electron chi connectivity index (χ1n) is 9.36. The minimum Gasteiger partial charge on any atom is -0.349 e. The predicted molar refractivity (Wildman–Crippen MR) is 102 cm³/mol. The van der Waals surface area contributed by atoms with E-state index in [1.54, 1.807) is 6.07 Å². The summed E-state index contributed by atoms with van der Waals surface area (Å²) in [6, 6.07) is 3.63. The lowest BCUT2D eigenvalue weighted by molar-refractivity contribution is -0.117. The monoisotopic (exact) mass is 363 g/mol. The maximum atomic E-state index is 12.6. The van der Waals surface area contributed by atoms with Gasteiger partial charge in [0, 0.05) is 18.0 Å². The third-order valence-corrected chi connectivity index (χ3v) is 6.58. The van der Waals surface area contributed by atoms with Crippen molar-refractivity contribution >= 4 is 28.2 Å². The van der Waals surface area contributed by atoms with Crippen molar-refractivity contribution < 1.29 is 9.59 Å². The highest BCUT2D eigenvalue weighted by Gasteiger charge is 2.34. The molecule has 5 nitrogen and oxygen atoms in total. The van der Waals surface area contributed by atoms with Crippen LogP contribution in [0.15, 0.2) is 12.1 Å². The van der Waals surface area contributed by atoms with E-state index in [1.807, 2.05) is 6.07 Å². The molecule has 1 heterocycles. The van der Waals surface area contributed by atoms with Crippen LogP contribution in [0, 0.1) is 5.92 Å². The topological polar surface area (TPSA) is 61.4 Å². The summed E-state index contributed by atoms with van der Waals surface area (Å²) < 4.78 is 0. The average molecular weight is 364 g/mol. The van der Waals surface area contributed by atoms with E-state index in [2.05, 4.69) is 29.6 Å². The molecule has 0 spiro atoms. The molecular formula is C19H29N3O2S. The summed E-state index contributed by atoms with van der Waals surface area (Å²) in [5.74, 6) is 0.218. The minimum atomic E-state index is -0.0395. The summed E-state index contributed by atoms with van der Waals surface area (Å²) in [5.41, 5.74) is 0.0619. The SMILES string of the molecule is CN(C)C1(CNC(=O)c2ccc(NC(=O)C3CC3)s2)CCCCCC1. The van der Waals surface area contributed by atoms with E-state index in [1.165, 1.54) is 37.0 Å². The Bertz CT molecular complexity index is 614. The van der Waals surface area contributed by atoms with E-state index in [-0.39, 0.29) is 23.3 Å². The van der Waals surface area contributed by atoms with Crippen LogP contribution in [0.3, 0.4) is 0 Å². The highest BCUT2D eigenvalue weighted by Crippen LogP contribution is 2.32. The van der Waals surface area contributed by atoms with Gasteiger partial charge in [-0.15, -0.1) is 11.3 Å². The predicted octanol–water partition coefficient (Wildman–Crippen LogP) is 3.48. The van der Waals surface area contributed by atoms with Crippen LogP contribution in [0.25, 0.3) is 0 Å². The first-order chi connectivity index (χ1) is 12.0. The van der Waals surface area contributed by atoms with Crippen LogP contribution in [-0.2, 0) is 4.79 Å². The van der Waals surface area contributed by atoms with E-state index in [4.69, 9.17) is 0 Å². The molecule has 6 heteroatoms. The van der Waals surface area contributed by atoms with Crippen LogP contribution in [-0.4, -0.2) is 42.9 Å². The van der Waals surface area contributed by atoms with Crippen molar-refractivity contribution in [1.82, 2.24) is 10.2 Å². The van der Waals surface area contributed by atoms with E-state index >= 15 is 0 Å². The Kier molecular flexibility index (Phi) is 5.79. The number of anilines is 1. The standard InChI is InChI=1S/C19H29N3O2S/c1-22(2)19(11-5-3-4-6-12-19)13-20-18(24)15-9-10-16(25-15)21-17(23)14-7-8-14/h9-10,14H,3-8,11-13H2,1-2H3,(H,20,24)(H,21,23). The van der Waals surface area contributed by atoms with Gasteiger partial charge in [0.05, 0.1) is 9.88 Å². The maximum Gasteiger partial charge on any atom is 0.261 e. The van der Waals surface area contributed by atoms with E-state index in [0.717, 1.165) is 30.7 Å². The summed E-state index contributed by atoms with van der Waals surface area (Å²) in [6.07, 6.45) is 9.26. The third-order valence-electron chi connectivity index (χ3n) is 5.59. The molecule has 138 valence electrons. The number of thiophene rings is 1. The lowest BCUT2D eigenvalue weighted by Crippen LogP contribution is -2.52. The zero-order chi connectivity index (χ0) is 17.9. The second-order valence-corrected chi connectivity index (χ2v) is 8.73. The second kappa shape index (κ2) is 7.87. The zero-order valence-corrected chi connectivity index (χ0v) is 16.1. The second-order valence-electron chi connectivity index (χ2n) is 7.64. The maximum absolute atomic E-state index is 12.6. The first-order valence-corrected chi connectivity index (χ1v) is 10.2. The number of nitrogens with zero attached hydrogens (tertiary/aromatic N) is 1. The molecule has 1 aromatic rings. The molecule has 0 atom stereocenters. The van der Waals surface area contributed by atoms with Crippen LogP contribution < -0.4 is 10.6 Å². The Balaban J connectivity index is 1.57. The van der Waals surface area contributed by atoms with E-state index < -0.39 is 0 Å². The number of carbonyl (C=O) groups is 2. The Morgan fingerprint density at radius 2 is 1.84 bits per heavy atom. The lowest BCUT2D eigenvalue weighted by Gasteiger charge is -2.39. The van der Waals surface area contributed by atoms with Gasteiger partial charge >= 0.3 is 0 Å². The fourth-order valence-corrected chi connectivity index (χ4v) is 4.42. The smallest absolute Gasteiger partial charge is 0.261 e. The van der Waals surface area contributed by atoms with Crippen molar-refractivity contribution in [2.24, 2.45) is 5.92 Å². The molecule has 2 aliphatic carbocycles. The molecule has 0 aliphatic heterocycles. The van der Waals surface area contributed by atoms with Crippen molar-refractivity contribution in [2.75, 3.05) is 26.0 Å². The largest absolute Gasteiger partial charge is 0.349 e. The quantitative estimate of drug-likeness (QED) is 0.761. The highest BCUT2D eigenvalue weighted by atomic mass is 32.1. The zero-order valence-electron chi connectivity index (χ0n) is 15.3. The van der Waals surface area contributed by atoms with Gasteiger partial charge in [-0.25, -0.2) is 0 Å². The Hall–Kier alpha value is -1.40. The molecule has 2 N–H and O–H groups in total. The molecule has 25 heavy (non-hydrogen) atoms. The summed E-state index contributed by atoms with van der Waals surface area (Å²) in [5, 5.41) is 6.81. The molecule has 0 bridgehead atoms. The number of amides is 2. The van der Waals surface area contributed by atoms with Crippen LogP contribution in [0.1, 0.15) is 61.0 Å². The van der Waals surface area contributed by atoms with Gasteiger partial charge in [0.2, 0.25) is 5.91 Å². The molecule has 0 unspecified atom stereocenters. The summed E-state index contributed by atoms with van der Waals surface area (Å²) in [6.45, 7) is 0.681. The number of hydrogen-bond acceptors (Lipinski definition) is 4. The van der Waals surface area contributed by atoms with E-state index in [0.29, 0.717) is 11.4 Å². The van der Waals surface area contributed by atoms with Crippen LogP contribution >= 0.6 is 11.3 Å². The van der Waals surface area contributed by atoms with Gasteiger partial charge in [0.15, 0.2) is 0 Å². The van der Waals surface area contributed by atoms with Gasteiger partial charge in [-0.2, -0.15) is 0 Å². The van der Waals surface area contributed by atoms with Crippen molar-refractivity contribution in [3.05, 3.63) is 17.0 Å². The molecular weight excluding hydrogens is 334 g/mol. The van der Waals surface area contributed by atoms with Gasteiger partial charge in [0.25, 0.3) is 5.91 Å². The first kappa shape index (κ1) is 18.4. The lowest BCUT2D eigenvalue weighted by atomic mass is 9.88. The third kappa shape index (κ3) is 4.61. The normalized spacial score (nSPS) is 20.1. The van der Waals surface area contributed by atoms with Crippen molar-refractivity contribution in [1.29, 1.82) is 0 Å². The van der Waals surface area contributed by atoms with Crippen molar-refractivity contribution in [2.45, 2.75) is 56.9 Å². The fraction of sp³-hybridized carbons (Fsp3) is 0.684. The minimum absolute atomic E-state index is 0.0395. The molecule has 0 aromatic carbocycles. The van der Waals surface area contributed by atoms with Gasteiger partial charge in [-0.05, 0) is 51.9 Å². The molecule has 2 saturated carbocycles. The Morgan fingerprint density at radius 1 is 1.16 bits per heavy atom. The van der Waals surface area contributed by atoms with Gasteiger partial charge in [-0.3, -0.25) is 9.59 Å². The summed E-state index contributed by atoms with van der Waals surface area (Å²) in [4.78, 5) is 27.3. The molecule has 2 aliphatic rings. The van der Waals surface area contributed by atoms with Crippen LogP contribution in [0.2, 0.25) is 0 Å². The van der Waals surface area contributed by atoms with Crippen LogP contribution in [0.4, 0.5) is 5.00 Å². The molecule has 3 rings (SSSR count). The van der Waals surface area contributed by atoms with E-state index in [9.17, 15) is 9.59 Å². The number of rotatable bonds is 6. The van der Waals surface area contributed by atoms with Gasteiger partial charge in [0.1, 0.15) is 0 Å². The molecule has 1 aromatic heterocycles. The fourth-order valence-electron chi connectivity index (χ4n) is 3.60. The Labute approximate surface area is 154 Å². The average Bonchev–Trinajstić information content (AvgIpc) is 3.37. The van der Waals surface area contributed by atoms with Gasteiger partial charge in [-0.1, -0.05) is 25.7 Å². The highest BCUT2D eigenvalue weighted by molar-refractivity contribution is 7.18. The number of carbonyl (C=O) groups excluding carboxylic acids is 2. The molecule has 0 radical (unpaired) electrons. The van der Waals surface area contributed by atoms with Crippen LogP contribution in [0.5, 0.6) is 0 Å². The summed E-state index contributed by atoms with van der Waals surface area (Å²) in [7, 11) is 4.24. The number of nitrogens with one attached hydrogen (secondary N) is 2.